The average Bonchev–Trinajstić information content (AvgIpc) is 2.75. The highest BCUT2D eigenvalue weighted by molar-refractivity contribution is 6.00. The van der Waals surface area contributed by atoms with Crippen molar-refractivity contribution in [3.05, 3.63) is 63.1 Å². The molecule has 2 aromatic rings. The molecule has 1 aromatic heterocycles. The smallest absolute Gasteiger partial charge is 0.277 e. The van der Waals surface area contributed by atoms with E-state index in [-0.39, 0.29) is 55.4 Å². The van der Waals surface area contributed by atoms with Crippen LogP contribution in [0, 0.1) is 17.6 Å². The molecule has 0 unspecified atom stereocenters. The minimum Gasteiger partial charge on any atom is -0.502 e. The van der Waals surface area contributed by atoms with Crippen LogP contribution in [0.3, 0.4) is 0 Å². The Hall–Kier alpha value is -3.27. The van der Waals surface area contributed by atoms with Gasteiger partial charge < -0.3 is 14.7 Å². The van der Waals surface area contributed by atoms with E-state index >= 15 is 0 Å². The Morgan fingerprint density at radius 1 is 1.24 bits per heavy atom. The Morgan fingerprint density at radius 2 is 1.97 bits per heavy atom. The first kappa shape index (κ1) is 24.4. The molecule has 1 amide bonds. The van der Waals surface area contributed by atoms with Crippen molar-refractivity contribution in [2.75, 3.05) is 38.5 Å². The van der Waals surface area contributed by atoms with Gasteiger partial charge in [0.2, 0.25) is 5.43 Å². The summed E-state index contributed by atoms with van der Waals surface area (Å²) >= 11 is 0. The Labute approximate surface area is 190 Å². The molecule has 0 atom stereocenters. The van der Waals surface area contributed by atoms with Crippen molar-refractivity contribution in [2.45, 2.75) is 26.7 Å². The fourth-order valence-electron chi connectivity index (χ4n) is 3.74. The van der Waals surface area contributed by atoms with Crippen LogP contribution in [0.25, 0.3) is 0 Å². The lowest BCUT2D eigenvalue weighted by molar-refractivity contribution is 0.0618. The molecule has 3 rings (SSSR count). The van der Waals surface area contributed by atoms with E-state index in [2.05, 4.69) is 0 Å². The molecule has 2 heterocycles. The number of aromatic nitrogens is 1. The van der Waals surface area contributed by atoms with Gasteiger partial charge >= 0.3 is 0 Å². The predicted molar refractivity (Wildman–Crippen MR) is 117 cm³/mol. The third-order valence-corrected chi connectivity index (χ3v) is 5.37. The number of Topliss-reactive ketones (excluding diaryl/α,β-unsaturated/α-hetero) is 1. The van der Waals surface area contributed by atoms with Gasteiger partial charge in [-0.25, -0.2) is 8.78 Å². The van der Waals surface area contributed by atoms with Crippen LogP contribution >= 0.6 is 0 Å². The third kappa shape index (κ3) is 5.22. The third-order valence-electron chi connectivity index (χ3n) is 5.37. The summed E-state index contributed by atoms with van der Waals surface area (Å²) in [5.41, 5.74) is -1.34. The number of benzene rings is 1. The molecule has 1 aliphatic heterocycles. The van der Waals surface area contributed by atoms with E-state index in [1.54, 1.807) is 5.01 Å². The summed E-state index contributed by atoms with van der Waals surface area (Å²) in [4.78, 5) is 40.0. The maximum absolute atomic E-state index is 13.9. The van der Waals surface area contributed by atoms with Crippen molar-refractivity contribution in [1.29, 1.82) is 0 Å². The van der Waals surface area contributed by atoms with Crippen molar-refractivity contribution in [2.24, 2.45) is 5.92 Å². The highest BCUT2D eigenvalue weighted by atomic mass is 19.1. The number of carbonyl (C=O) groups excluding carboxylic acids is 2. The summed E-state index contributed by atoms with van der Waals surface area (Å²) < 4.78 is 33.4. The van der Waals surface area contributed by atoms with Crippen LogP contribution in [-0.2, 0) is 11.2 Å². The molecule has 1 aliphatic rings. The van der Waals surface area contributed by atoms with E-state index in [1.165, 1.54) is 28.9 Å². The highest BCUT2D eigenvalue weighted by Gasteiger charge is 2.34. The first-order valence-electron chi connectivity index (χ1n) is 10.6. The number of hydrogen-bond acceptors (Lipinski definition) is 6. The normalized spacial score (nSPS) is 13.6. The molecule has 33 heavy (non-hydrogen) atoms. The standard InChI is InChI=1S/C23H27F2N3O5/c1-14(2)11-27-13-26(8-9-33-3)23(32)20-22(31)21(30)17(12-28(20)27)19(29)7-5-15-4-6-16(24)10-18(15)25/h4,6,10,12,14,31H,5,7-9,11,13H2,1-3H3. The zero-order valence-corrected chi connectivity index (χ0v) is 18.8. The summed E-state index contributed by atoms with van der Waals surface area (Å²) in [7, 11) is 1.51. The van der Waals surface area contributed by atoms with Crippen molar-refractivity contribution in [1.82, 2.24) is 9.58 Å². The number of pyridine rings is 1. The number of fused-ring (bicyclic) bond motifs is 1. The Morgan fingerprint density at radius 3 is 2.61 bits per heavy atom. The Balaban J connectivity index is 1.95. The number of ether oxygens (including phenoxy) is 1. The molecule has 0 bridgehead atoms. The lowest BCUT2D eigenvalue weighted by Crippen LogP contribution is -2.56. The molecule has 0 spiro atoms. The molecule has 0 aliphatic carbocycles. The number of nitrogens with zero attached hydrogens (tertiary/aromatic N) is 3. The predicted octanol–water partition coefficient (Wildman–Crippen LogP) is 2.30. The first-order valence-corrected chi connectivity index (χ1v) is 10.6. The van der Waals surface area contributed by atoms with Gasteiger partial charge in [0.15, 0.2) is 17.2 Å². The monoisotopic (exact) mass is 463 g/mol. The summed E-state index contributed by atoms with van der Waals surface area (Å²) in [5.74, 6) is -3.30. The first-order chi connectivity index (χ1) is 15.6. The summed E-state index contributed by atoms with van der Waals surface area (Å²) in [6.45, 7) is 5.16. The molecular weight excluding hydrogens is 436 g/mol. The van der Waals surface area contributed by atoms with E-state index in [9.17, 15) is 28.3 Å². The van der Waals surface area contributed by atoms with Crippen LogP contribution in [-0.4, -0.2) is 59.8 Å². The van der Waals surface area contributed by atoms with Gasteiger partial charge in [0.1, 0.15) is 18.3 Å². The minimum atomic E-state index is -0.961. The van der Waals surface area contributed by atoms with E-state index in [4.69, 9.17) is 4.74 Å². The molecule has 0 saturated carbocycles. The number of aryl methyl sites for hydroxylation is 1. The second-order valence-corrected chi connectivity index (χ2v) is 8.36. The van der Waals surface area contributed by atoms with Crippen LogP contribution in [0.4, 0.5) is 8.78 Å². The van der Waals surface area contributed by atoms with Crippen molar-refractivity contribution >= 4 is 11.7 Å². The number of hydrogen-bond donors (Lipinski definition) is 1. The largest absolute Gasteiger partial charge is 0.502 e. The molecule has 8 nitrogen and oxygen atoms in total. The second kappa shape index (κ2) is 10.1. The van der Waals surface area contributed by atoms with E-state index in [1.807, 2.05) is 13.8 Å². The number of amides is 1. The zero-order chi connectivity index (χ0) is 24.3. The van der Waals surface area contributed by atoms with Gasteiger partial charge in [-0.3, -0.25) is 24.1 Å². The molecule has 0 radical (unpaired) electrons. The molecule has 0 saturated heterocycles. The van der Waals surface area contributed by atoms with Crippen molar-refractivity contribution in [3.8, 4) is 5.75 Å². The second-order valence-electron chi connectivity index (χ2n) is 8.36. The van der Waals surface area contributed by atoms with Crippen LogP contribution in [0.15, 0.2) is 29.2 Å². The highest BCUT2D eigenvalue weighted by Crippen LogP contribution is 2.23. The molecule has 0 fully saturated rings. The SMILES string of the molecule is COCCN1CN(CC(C)C)n2cc(C(=O)CCc3ccc(F)cc3F)c(=O)c(O)c2C1=O. The number of methoxy groups -OCH3 is 1. The number of halogens is 2. The van der Waals surface area contributed by atoms with Gasteiger partial charge in [-0.1, -0.05) is 19.9 Å². The number of rotatable bonds is 9. The van der Waals surface area contributed by atoms with Gasteiger partial charge in [0.25, 0.3) is 5.91 Å². The van der Waals surface area contributed by atoms with Crippen molar-refractivity contribution < 1.29 is 28.2 Å². The Bertz CT molecular complexity index is 1120. The maximum atomic E-state index is 13.9. The Kier molecular flexibility index (Phi) is 7.47. The summed E-state index contributed by atoms with van der Waals surface area (Å²) in [6, 6.07) is 3.06. The van der Waals surface area contributed by atoms with Gasteiger partial charge in [-0.2, -0.15) is 0 Å². The number of aromatic hydroxyl groups is 1. The average molecular weight is 463 g/mol. The molecule has 1 aromatic carbocycles. The minimum absolute atomic E-state index is 0.0493. The lowest BCUT2D eigenvalue weighted by atomic mass is 10.0. The van der Waals surface area contributed by atoms with Crippen LogP contribution in [0.2, 0.25) is 0 Å². The molecule has 1 N–H and O–H groups in total. The van der Waals surface area contributed by atoms with Crippen molar-refractivity contribution in [3.63, 3.8) is 0 Å². The quantitative estimate of drug-likeness (QED) is 0.574. The summed E-state index contributed by atoms with van der Waals surface area (Å²) in [6.07, 6.45) is 0.982. The van der Waals surface area contributed by atoms with Gasteiger partial charge in [0, 0.05) is 38.9 Å². The molecule has 10 heteroatoms. The number of carbonyl (C=O) groups is 2. The molecular formula is C23H27F2N3O5. The van der Waals surface area contributed by atoms with Crippen LogP contribution in [0.5, 0.6) is 5.75 Å². The topological polar surface area (TPSA) is 92.1 Å². The summed E-state index contributed by atoms with van der Waals surface area (Å²) in [5, 5.41) is 12.4. The van der Waals surface area contributed by atoms with E-state index in [0.29, 0.717) is 6.54 Å². The fourth-order valence-corrected chi connectivity index (χ4v) is 3.74. The van der Waals surface area contributed by atoms with Gasteiger partial charge in [0.05, 0.1) is 12.2 Å². The maximum Gasteiger partial charge on any atom is 0.277 e. The van der Waals surface area contributed by atoms with E-state index in [0.717, 1.165) is 12.1 Å². The van der Waals surface area contributed by atoms with Crippen LogP contribution < -0.4 is 10.4 Å². The van der Waals surface area contributed by atoms with Crippen LogP contribution in [0.1, 0.15) is 46.7 Å². The number of ketones is 1. The van der Waals surface area contributed by atoms with Gasteiger partial charge in [-0.05, 0) is 24.0 Å². The lowest BCUT2D eigenvalue weighted by Gasteiger charge is -2.40. The fraction of sp³-hybridized carbons (Fsp3) is 0.435. The van der Waals surface area contributed by atoms with Gasteiger partial charge in [-0.15, -0.1) is 0 Å². The molecule has 178 valence electrons. The van der Waals surface area contributed by atoms with E-state index < -0.39 is 34.5 Å². The zero-order valence-electron chi connectivity index (χ0n) is 18.8.